The molecule has 1 unspecified atom stereocenters. The summed E-state index contributed by atoms with van der Waals surface area (Å²) in [4.78, 5) is 40.0. The van der Waals surface area contributed by atoms with E-state index in [1.165, 1.54) is 28.9 Å². The SMILES string of the molecule is CCOC(=O)C(C)NC(=O)c1cnc2sccn2c1=O. The predicted molar refractivity (Wildman–Crippen MR) is 72.9 cm³/mol. The largest absolute Gasteiger partial charge is 0.464 e. The molecule has 20 heavy (non-hydrogen) atoms. The molecular weight excluding hydrogens is 282 g/mol. The van der Waals surface area contributed by atoms with Gasteiger partial charge in [-0.25, -0.2) is 9.78 Å². The van der Waals surface area contributed by atoms with Crippen LogP contribution in [0, 0.1) is 0 Å². The van der Waals surface area contributed by atoms with Gasteiger partial charge in [0.15, 0.2) is 4.96 Å². The zero-order valence-corrected chi connectivity index (χ0v) is 11.8. The fraction of sp³-hybridized carbons (Fsp3) is 0.333. The first-order chi connectivity index (χ1) is 9.54. The highest BCUT2D eigenvalue weighted by atomic mass is 32.1. The van der Waals surface area contributed by atoms with Crippen molar-refractivity contribution in [3.63, 3.8) is 0 Å². The molecule has 1 amide bonds. The molecule has 2 rings (SSSR count). The molecule has 0 fully saturated rings. The number of fused-ring (bicyclic) bond motifs is 1. The Bertz CT molecular complexity index is 706. The predicted octanol–water partition coefficient (Wildman–Crippen LogP) is 0.437. The number of amides is 1. The summed E-state index contributed by atoms with van der Waals surface area (Å²) in [5.74, 6) is -1.20. The van der Waals surface area contributed by atoms with E-state index in [9.17, 15) is 14.4 Å². The second-order valence-corrected chi connectivity index (χ2v) is 4.85. The van der Waals surface area contributed by atoms with Crippen molar-refractivity contribution in [3.8, 4) is 0 Å². The first-order valence-corrected chi connectivity index (χ1v) is 6.85. The number of rotatable bonds is 4. The zero-order chi connectivity index (χ0) is 14.7. The highest BCUT2D eigenvalue weighted by Gasteiger charge is 2.20. The molecule has 0 radical (unpaired) electrons. The van der Waals surface area contributed by atoms with E-state index >= 15 is 0 Å². The van der Waals surface area contributed by atoms with Crippen LogP contribution in [0.1, 0.15) is 24.2 Å². The van der Waals surface area contributed by atoms with Crippen LogP contribution >= 0.6 is 11.3 Å². The van der Waals surface area contributed by atoms with Gasteiger partial charge in [-0.3, -0.25) is 14.0 Å². The third kappa shape index (κ3) is 2.69. The summed E-state index contributed by atoms with van der Waals surface area (Å²) >= 11 is 1.29. The van der Waals surface area contributed by atoms with Crippen molar-refractivity contribution < 1.29 is 14.3 Å². The zero-order valence-electron chi connectivity index (χ0n) is 11.0. The summed E-state index contributed by atoms with van der Waals surface area (Å²) in [6, 6.07) is -0.829. The molecule has 7 nitrogen and oxygen atoms in total. The fourth-order valence-corrected chi connectivity index (χ4v) is 2.26. The van der Waals surface area contributed by atoms with Crippen LogP contribution in [-0.2, 0) is 9.53 Å². The van der Waals surface area contributed by atoms with Crippen molar-refractivity contribution in [2.45, 2.75) is 19.9 Å². The molecule has 1 atom stereocenters. The first kappa shape index (κ1) is 14.2. The van der Waals surface area contributed by atoms with Crippen LogP contribution in [0.4, 0.5) is 0 Å². The topological polar surface area (TPSA) is 89.8 Å². The van der Waals surface area contributed by atoms with Gasteiger partial charge < -0.3 is 10.1 Å². The molecular formula is C12H13N3O4S. The second-order valence-electron chi connectivity index (χ2n) is 3.98. The Morgan fingerprint density at radius 2 is 2.30 bits per heavy atom. The van der Waals surface area contributed by atoms with Gasteiger partial charge in [0.2, 0.25) is 0 Å². The summed E-state index contributed by atoms with van der Waals surface area (Å²) < 4.78 is 6.06. The highest BCUT2D eigenvalue weighted by Crippen LogP contribution is 2.05. The monoisotopic (exact) mass is 295 g/mol. The van der Waals surface area contributed by atoms with Gasteiger partial charge in [0.1, 0.15) is 11.6 Å². The normalized spacial score (nSPS) is 12.1. The Balaban J connectivity index is 2.21. The molecule has 0 bridgehead atoms. The summed E-state index contributed by atoms with van der Waals surface area (Å²) in [6.45, 7) is 3.39. The van der Waals surface area contributed by atoms with E-state index in [-0.39, 0.29) is 12.2 Å². The van der Waals surface area contributed by atoms with Crippen molar-refractivity contribution in [1.29, 1.82) is 0 Å². The number of hydrogen-bond donors (Lipinski definition) is 1. The number of ether oxygens (including phenoxy) is 1. The van der Waals surface area contributed by atoms with Gasteiger partial charge in [0.25, 0.3) is 11.5 Å². The molecule has 0 aliphatic heterocycles. The Hall–Kier alpha value is -2.22. The minimum absolute atomic E-state index is 0.114. The summed E-state index contributed by atoms with van der Waals surface area (Å²) in [5.41, 5.74) is -0.582. The summed E-state index contributed by atoms with van der Waals surface area (Å²) in [5, 5.41) is 4.12. The van der Waals surface area contributed by atoms with Crippen molar-refractivity contribution in [2.24, 2.45) is 0 Å². The van der Waals surface area contributed by atoms with Crippen LogP contribution in [0.25, 0.3) is 4.96 Å². The Labute approximate surface area is 118 Å². The van der Waals surface area contributed by atoms with E-state index in [4.69, 9.17) is 4.74 Å². The van der Waals surface area contributed by atoms with Gasteiger partial charge in [-0.1, -0.05) is 0 Å². The van der Waals surface area contributed by atoms with E-state index in [0.29, 0.717) is 4.96 Å². The highest BCUT2D eigenvalue weighted by molar-refractivity contribution is 7.15. The quantitative estimate of drug-likeness (QED) is 0.827. The molecule has 0 aliphatic rings. The van der Waals surface area contributed by atoms with Gasteiger partial charge in [0, 0.05) is 17.8 Å². The molecule has 2 aromatic rings. The lowest BCUT2D eigenvalue weighted by Gasteiger charge is -2.12. The maximum atomic E-state index is 12.1. The lowest BCUT2D eigenvalue weighted by atomic mass is 10.2. The summed E-state index contributed by atoms with van der Waals surface area (Å²) in [7, 11) is 0. The van der Waals surface area contributed by atoms with Crippen LogP contribution in [0.3, 0.4) is 0 Å². The van der Waals surface area contributed by atoms with Gasteiger partial charge in [-0.2, -0.15) is 0 Å². The lowest BCUT2D eigenvalue weighted by molar-refractivity contribution is -0.144. The second kappa shape index (κ2) is 5.83. The van der Waals surface area contributed by atoms with Crippen LogP contribution < -0.4 is 10.9 Å². The minimum atomic E-state index is -0.829. The van der Waals surface area contributed by atoms with Gasteiger partial charge in [-0.15, -0.1) is 11.3 Å². The average Bonchev–Trinajstić information content (AvgIpc) is 2.88. The van der Waals surface area contributed by atoms with E-state index in [2.05, 4.69) is 10.3 Å². The van der Waals surface area contributed by atoms with Crippen LogP contribution in [0.5, 0.6) is 0 Å². The number of esters is 1. The number of nitrogens with zero attached hydrogens (tertiary/aromatic N) is 2. The Kier molecular flexibility index (Phi) is 4.14. The fourth-order valence-electron chi connectivity index (χ4n) is 1.58. The molecule has 8 heteroatoms. The number of hydrogen-bond acceptors (Lipinski definition) is 6. The number of aromatic nitrogens is 2. The minimum Gasteiger partial charge on any atom is -0.464 e. The smallest absolute Gasteiger partial charge is 0.328 e. The maximum Gasteiger partial charge on any atom is 0.328 e. The molecule has 0 aromatic carbocycles. The third-order valence-corrected chi connectivity index (χ3v) is 3.35. The van der Waals surface area contributed by atoms with Crippen molar-refractivity contribution in [1.82, 2.24) is 14.7 Å². The number of nitrogens with one attached hydrogen (secondary N) is 1. The molecule has 0 aliphatic carbocycles. The third-order valence-electron chi connectivity index (χ3n) is 2.58. The van der Waals surface area contributed by atoms with Crippen molar-refractivity contribution in [2.75, 3.05) is 6.61 Å². The number of thiazole rings is 1. The molecule has 2 aromatic heterocycles. The molecule has 0 spiro atoms. The first-order valence-electron chi connectivity index (χ1n) is 5.97. The molecule has 0 saturated carbocycles. The number of carbonyl (C=O) groups excluding carboxylic acids is 2. The average molecular weight is 295 g/mol. The van der Waals surface area contributed by atoms with Crippen molar-refractivity contribution in [3.05, 3.63) is 33.7 Å². The standard InChI is InChI=1S/C12H13N3O4S/c1-3-19-11(18)7(2)14-9(16)8-6-13-12-15(10(8)17)4-5-20-12/h4-7H,3H2,1-2H3,(H,14,16). The van der Waals surface area contributed by atoms with E-state index in [1.54, 1.807) is 18.5 Å². The number of carbonyl (C=O) groups is 2. The Morgan fingerprint density at radius 3 is 3.00 bits per heavy atom. The Morgan fingerprint density at radius 1 is 1.55 bits per heavy atom. The molecule has 106 valence electrons. The molecule has 1 N–H and O–H groups in total. The lowest BCUT2D eigenvalue weighted by Crippen LogP contribution is -2.41. The molecule has 2 heterocycles. The van der Waals surface area contributed by atoms with E-state index in [0.717, 1.165) is 0 Å². The van der Waals surface area contributed by atoms with Crippen LogP contribution in [-0.4, -0.2) is 33.9 Å². The summed E-state index contributed by atoms with van der Waals surface area (Å²) in [6.07, 6.45) is 2.75. The van der Waals surface area contributed by atoms with Gasteiger partial charge >= 0.3 is 5.97 Å². The van der Waals surface area contributed by atoms with E-state index in [1.807, 2.05) is 0 Å². The van der Waals surface area contributed by atoms with Crippen molar-refractivity contribution >= 4 is 28.2 Å². The van der Waals surface area contributed by atoms with Gasteiger partial charge in [-0.05, 0) is 13.8 Å². The van der Waals surface area contributed by atoms with Gasteiger partial charge in [0.05, 0.1) is 6.61 Å². The van der Waals surface area contributed by atoms with Crippen LogP contribution in [0.15, 0.2) is 22.6 Å². The van der Waals surface area contributed by atoms with E-state index < -0.39 is 23.5 Å². The molecule has 0 saturated heterocycles. The van der Waals surface area contributed by atoms with Crippen LogP contribution in [0.2, 0.25) is 0 Å². The maximum absolute atomic E-state index is 12.1.